The highest BCUT2D eigenvalue weighted by atomic mass is 15.3. The van der Waals surface area contributed by atoms with Crippen molar-refractivity contribution in [1.82, 2.24) is 25.0 Å². The summed E-state index contributed by atoms with van der Waals surface area (Å²) >= 11 is 0. The average Bonchev–Trinajstić information content (AvgIpc) is 2.66. The summed E-state index contributed by atoms with van der Waals surface area (Å²) in [6.07, 6.45) is 3.69. The smallest absolute Gasteiger partial charge is 0.138 e. The zero-order valence-corrected chi connectivity index (χ0v) is 11.5. The van der Waals surface area contributed by atoms with Gasteiger partial charge in [-0.1, -0.05) is 13.8 Å². The topological polar surface area (TPSA) is 46.0 Å². The summed E-state index contributed by atoms with van der Waals surface area (Å²) in [4.78, 5) is 6.56. The van der Waals surface area contributed by atoms with E-state index in [0.717, 1.165) is 38.3 Å². The molecule has 17 heavy (non-hydrogen) atoms. The maximum atomic E-state index is 4.36. The Morgan fingerprint density at radius 1 is 1.41 bits per heavy atom. The van der Waals surface area contributed by atoms with Crippen molar-refractivity contribution >= 4 is 0 Å². The van der Waals surface area contributed by atoms with Crippen LogP contribution >= 0.6 is 0 Å². The van der Waals surface area contributed by atoms with Gasteiger partial charge in [-0.3, -0.25) is 4.68 Å². The normalized spacial score (nSPS) is 13.2. The third kappa shape index (κ3) is 4.83. The monoisotopic (exact) mass is 239 g/mol. The van der Waals surface area contributed by atoms with E-state index in [2.05, 4.69) is 48.2 Å². The van der Waals surface area contributed by atoms with Crippen molar-refractivity contribution < 1.29 is 0 Å². The Morgan fingerprint density at radius 3 is 2.76 bits per heavy atom. The van der Waals surface area contributed by atoms with E-state index in [0.29, 0.717) is 6.04 Å². The predicted molar refractivity (Wildman–Crippen MR) is 70.0 cm³/mol. The van der Waals surface area contributed by atoms with Crippen LogP contribution in [0.15, 0.2) is 6.33 Å². The minimum atomic E-state index is 0.440. The molecular weight excluding hydrogens is 214 g/mol. The van der Waals surface area contributed by atoms with Crippen LogP contribution in [0.4, 0.5) is 0 Å². The van der Waals surface area contributed by atoms with Gasteiger partial charge in [-0.2, -0.15) is 5.10 Å². The molecule has 0 saturated heterocycles. The molecule has 5 heteroatoms. The first kappa shape index (κ1) is 14.1. The van der Waals surface area contributed by atoms with Gasteiger partial charge in [-0.05, 0) is 27.1 Å². The number of aryl methyl sites for hydroxylation is 1. The van der Waals surface area contributed by atoms with Gasteiger partial charge in [0.2, 0.25) is 0 Å². The molecule has 1 heterocycles. The van der Waals surface area contributed by atoms with Gasteiger partial charge in [0.05, 0.1) is 0 Å². The number of likely N-dealkylation sites (N-methyl/N-ethyl adjacent to an activating group) is 2. The fourth-order valence-electron chi connectivity index (χ4n) is 2.00. The van der Waals surface area contributed by atoms with Crippen LogP contribution in [0.25, 0.3) is 0 Å². The molecule has 1 rings (SSSR count). The van der Waals surface area contributed by atoms with Crippen LogP contribution in [-0.2, 0) is 13.0 Å². The molecule has 0 radical (unpaired) electrons. The molecule has 0 spiro atoms. The van der Waals surface area contributed by atoms with E-state index >= 15 is 0 Å². The molecule has 1 aromatic rings. The predicted octanol–water partition coefficient (Wildman–Crippen LogP) is 0.770. The lowest BCUT2D eigenvalue weighted by Gasteiger charge is -2.21. The molecule has 1 aromatic heterocycles. The van der Waals surface area contributed by atoms with Gasteiger partial charge in [0.15, 0.2) is 0 Å². The van der Waals surface area contributed by atoms with Crippen molar-refractivity contribution in [1.29, 1.82) is 0 Å². The van der Waals surface area contributed by atoms with Gasteiger partial charge in [0.1, 0.15) is 12.2 Å². The standard InChI is InChI=1S/C12H25N5/c1-5-7-17-12(14-10-15-17)8-11(13-6-2)9-16(3)4/h10-11,13H,5-9H2,1-4H3. The summed E-state index contributed by atoms with van der Waals surface area (Å²) in [7, 11) is 4.20. The highest BCUT2D eigenvalue weighted by molar-refractivity contribution is 4.90. The number of hydrogen-bond acceptors (Lipinski definition) is 4. The van der Waals surface area contributed by atoms with Gasteiger partial charge in [-0.15, -0.1) is 0 Å². The lowest BCUT2D eigenvalue weighted by atomic mass is 10.2. The minimum absolute atomic E-state index is 0.440. The van der Waals surface area contributed by atoms with Crippen LogP contribution in [0, 0.1) is 0 Å². The molecule has 5 nitrogen and oxygen atoms in total. The molecule has 0 amide bonds. The van der Waals surface area contributed by atoms with Crippen molar-refractivity contribution in [3.63, 3.8) is 0 Å². The van der Waals surface area contributed by atoms with Crippen LogP contribution in [0.3, 0.4) is 0 Å². The fraction of sp³-hybridized carbons (Fsp3) is 0.833. The summed E-state index contributed by atoms with van der Waals surface area (Å²) in [5.41, 5.74) is 0. The van der Waals surface area contributed by atoms with E-state index in [9.17, 15) is 0 Å². The van der Waals surface area contributed by atoms with Crippen LogP contribution in [0.2, 0.25) is 0 Å². The maximum absolute atomic E-state index is 4.36. The maximum Gasteiger partial charge on any atom is 0.138 e. The summed E-state index contributed by atoms with van der Waals surface area (Å²) < 4.78 is 2.01. The third-order valence-electron chi connectivity index (χ3n) is 2.64. The van der Waals surface area contributed by atoms with E-state index in [1.54, 1.807) is 6.33 Å². The van der Waals surface area contributed by atoms with Crippen LogP contribution in [-0.4, -0.2) is 52.9 Å². The number of rotatable bonds is 8. The van der Waals surface area contributed by atoms with Crippen LogP contribution < -0.4 is 5.32 Å². The van der Waals surface area contributed by atoms with Crippen LogP contribution in [0.5, 0.6) is 0 Å². The molecule has 98 valence electrons. The molecule has 0 aliphatic heterocycles. The summed E-state index contributed by atoms with van der Waals surface area (Å²) in [5, 5.41) is 7.76. The highest BCUT2D eigenvalue weighted by Crippen LogP contribution is 2.02. The summed E-state index contributed by atoms with van der Waals surface area (Å²) in [5.74, 6) is 1.08. The lowest BCUT2D eigenvalue weighted by molar-refractivity contribution is 0.333. The lowest BCUT2D eigenvalue weighted by Crippen LogP contribution is -2.40. The Kier molecular flexibility index (Phi) is 6.15. The van der Waals surface area contributed by atoms with Gasteiger partial charge < -0.3 is 10.2 Å². The molecule has 1 N–H and O–H groups in total. The Hall–Kier alpha value is -0.940. The third-order valence-corrected chi connectivity index (χ3v) is 2.64. The van der Waals surface area contributed by atoms with Gasteiger partial charge >= 0.3 is 0 Å². The zero-order valence-electron chi connectivity index (χ0n) is 11.5. The second-order valence-electron chi connectivity index (χ2n) is 4.62. The average molecular weight is 239 g/mol. The zero-order chi connectivity index (χ0) is 12.7. The molecule has 0 aliphatic carbocycles. The number of aromatic nitrogens is 3. The number of hydrogen-bond donors (Lipinski definition) is 1. The van der Waals surface area contributed by atoms with E-state index in [1.165, 1.54) is 0 Å². The minimum Gasteiger partial charge on any atom is -0.313 e. The largest absolute Gasteiger partial charge is 0.313 e. The van der Waals surface area contributed by atoms with Crippen molar-refractivity contribution in [2.75, 3.05) is 27.2 Å². The molecule has 0 saturated carbocycles. The summed E-state index contributed by atoms with van der Waals surface area (Å²) in [6.45, 7) is 7.26. The quantitative estimate of drug-likeness (QED) is 0.728. The molecule has 0 aliphatic rings. The first-order chi connectivity index (χ1) is 8.17. The number of nitrogens with one attached hydrogen (secondary N) is 1. The molecule has 1 unspecified atom stereocenters. The fourth-order valence-corrected chi connectivity index (χ4v) is 2.00. The van der Waals surface area contributed by atoms with Crippen molar-refractivity contribution in [3.05, 3.63) is 12.2 Å². The Morgan fingerprint density at radius 2 is 2.18 bits per heavy atom. The second kappa shape index (κ2) is 7.40. The highest BCUT2D eigenvalue weighted by Gasteiger charge is 2.13. The first-order valence-electron chi connectivity index (χ1n) is 6.42. The molecule has 0 fully saturated rings. The first-order valence-corrected chi connectivity index (χ1v) is 6.42. The van der Waals surface area contributed by atoms with Gasteiger partial charge in [-0.25, -0.2) is 4.98 Å². The van der Waals surface area contributed by atoms with Crippen molar-refractivity contribution in [2.24, 2.45) is 0 Å². The van der Waals surface area contributed by atoms with Crippen molar-refractivity contribution in [3.8, 4) is 0 Å². The molecule has 0 aromatic carbocycles. The van der Waals surface area contributed by atoms with E-state index in [-0.39, 0.29) is 0 Å². The van der Waals surface area contributed by atoms with Gasteiger partial charge in [0, 0.05) is 25.6 Å². The second-order valence-corrected chi connectivity index (χ2v) is 4.62. The van der Waals surface area contributed by atoms with E-state index < -0.39 is 0 Å². The molecule has 1 atom stereocenters. The van der Waals surface area contributed by atoms with Crippen LogP contribution in [0.1, 0.15) is 26.1 Å². The number of nitrogens with zero attached hydrogens (tertiary/aromatic N) is 4. The SMILES string of the molecule is CCCn1ncnc1CC(CN(C)C)NCC. The molecule has 0 bridgehead atoms. The Labute approximate surface area is 104 Å². The van der Waals surface area contributed by atoms with E-state index in [1.807, 2.05) is 4.68 Å². The van der Waals surface area contributed by atoms with Gasteiger partial charge in [0.25, 0.3) is 0 Å². The van der Waals surface area contributed by atoms with Crippen molar-refractivity contribution in [2.45, 2.75) is 39.3 Å². The summed E-state index contributed by atoms with van der Waals surface area (Å²) in [6, 6.07) is 0.440. The van der Waals surface area contributed by atoms with E-state index in [4.69, 9.17) is 0 Å². The Balaban J connectivity index is 2.60. The Bertz CT molecular complexity index is 308. The molecular formula is C12H25N5.